The number of aromatic nitrogens is 3. The summed E-state index contributed by atoms with van der Waals surface area (Å²) in [6.07, 6.45) is 11.2. The number of nitrogens with zero attached hydrogens (tertiary/aromatic N) is 3. The number of allylic oxidation sites excluding steroid dienone is 1. The maximum absolute atomic E-state index is 7.81. The third kappa shape index (κ3) is 5.51. The van der Waals surface area contributed by atoms with E-state index in [9.17, 15) is 0 Å². The molecule has 3 heterocycles. The highest BCUT2D eigenvalue weighted by molar-refractivity contribution is 7.13. The smallest absolute Gasteiger partial charge is 0.230 e. The van der Waals surface area contributed by atoms with Crippen molar-refractivity contribution in [3.8, 4) is 0 Å². The minimum atomic E-state index is 0.309. The minimum absolute atomic E-state index is 0.309. The number of hydrogen-bond acceptors (Lipinski definition) is 9. The molecule has 1 aliphatic heterocycles. The summed E-state index contributed by atoms with van der Waals surface area (Å²) >= 11 is 1.42. The molecule has 2 aliphatic rings. The maximum Gasteiger partial charge on any atom is 0.230 e. The van der Waals surface area contributed by atoms with Gasteiger partial charge in [0, 0.05) is 37.7 Å². The largest absolute Gasteiger partial charge is 0.386 e. The van der Waals surface area contributed by atoms with Gasteiger partial charge in [-0.3, -0.25) is 0 Å². The maximum atomic E-state index is 7.81. The van der Waals surface area contributed by atoms with Crippen molar-refractivity contribution in [2.45, 2.75) is 76.8 Å². The Morgan fingerprint density at radius 3 is 2.58 bits per heavy atom. The monoisotopic (exact) mass is 443 g/mol. The predicted molar refractivity (Wildman–Crippen MR) is 127 cm³/mol. The van der Waals surface area contributed by atoms with E-state index in [1.54, 1.807) is 0 Å². The van der Waals surface area contributed by atoms with Gasteiger partial charge < -0.3 is 26.1 Å². The summed E-state index contributed by atoms with van der Waals surface area (Å²) in [5, 5.41) is 19.1. The fourth-order valence-electron chi connectivity index (χ4n) is 4.18. The van der Waals surface area contributed by atoms with Crippen molar-refractivity contribution in [2.75, 3.05) is 23.8 Å². The van der Waals surface area contributed by atoms with Crippen LogP contribution >= 0.6 is 11.5 Å². The molecule has 31 heavy (non-hydrogen) atoms. The van der Waals surface area contributed by atoms with E-state index < -0.39 is 0 Å². The SMILES string of the molecule is CC(C)c1nsc2nc(N/C(C=N)=C/NC3CCOCC3)nc(NC3CCCCC3)c12. The van der Waals surface area contributed by atoms with Crippen molar-refractivity contribution >= 4 is 39.7 Å². The molecule has 1 saturated heterocycles. The summed E-state index contributed by atoms with van der Waals surface area (Å²) in [7, 11) is 0. The highest BCUT2D eigenvalue weighted by Crippen LogP contribution is 2.34. The molecule has 8 nitrogen and oxygen atoms in total. The first-order chi connectivity index (χ1) is 15.1. The van der Waals surface area contributed by atoms with Gasteiger partial charge in [-0.2, -0.15) is 14.3 Å². The van der Waals surface area contributed by atoms with Crippen LogP contribution < -0.4 is 16.0 Å². The second-order valence-electron chi connectivity index (χ2n) is 8.70. The highest BCUT2D eigenvalue weighted by Gasteiger charge is 2.21. The number of hydrogen-bond donors (Lipinski definition) is 4. The zero-order valence-electron chi connectivity index (χ0n) is 18.4. The average Bonchev–Trinajstić information content (AvgIpc) is 3.23. The molecule has 9 heteroatoms. The molecule has 0 spiro atoms. The van der Waals surface area contributed by atoms with Crippen LogP contribution in [0.25, 0.3) is 10.2 Å². The van der Waals surface area contributed by atoms with Gasteiger partial charge in [0.1, 0.15) is 5.82 Å². The van der Waals surface area contributed by atoms with Crippen LogP contribution in [0.15, 0.2) is 11.9 Å². The van der Waals surface area contributed by atoms with Crippen molar-refractivity contribution in [3.63, 3.8) is 0 Å². The van der Waals surface area contributed by atoms with Gasteiger partial charge in [-0.15, -0.1) is 0 Å². The van der Waals surface area contributed by atoms with E-state index in [1.807, 2.05) is 6.20 Å². The quantitative estimate of drug-likeness (QED) is 0.441. The Kier molecular flexibility index (Phi) is 7.34. The predicted octanol–water partition coefficient (Wildman–Crippen LogP) is 4.63. The van der Waals surface area contributed by atoms with E-state index in [0.29, 0.717) is 29.6 Å². The second kappa shape index (κ2) is 10.4. The Morgan fingerprint density at radius 1 is 1.10 bits per heavy atom. The van der Waals surface area contributed by atoms with Crippen molar-refractivity contribution in [3.05, 3.63) is 17.6 Å². The highest BCUT2D eigenvalue weighted by atomic mass is 32.1. The molecule has 0 unspecified atom stereocenters. The van der Waals surface area contributed by atoms with Crippen LogP contribution in [0.3, 0.4) is 0 Å². The lowest BCUT2D eigenvalue weighted by Crippen LogP contribution is -2.32. The van der Waals surface area contributed by atoms with Crippen LogP contribution in [0.1, 0.15) is 70.4 Å². The second-order valence-corrected chi connectivity index (χ2v) is 9.45. The molecule has 0 amide bonds. The molecular formula is C22H33N7OS. The van der Waals surface area contributed by atoms with Crippen LogP contribution in [0.2, 0.25) is 0 Å². The zero-order valence-corrected chi connectivity index (χ0v) is 19.2. The molecule has 0 aromatic carbocycles. The summed E-state index contributed by atoms with van der Waals surface area (Å²) < 4.78 is 10.1. The zero-order chi connectivity index (χ0) is 21.6. The number of ether oxygens (including phenoxy) is 1. The Bertz CT molecular complexity index is 914. The Labute approximate surface area is 188 Å². The molecule has 2 aromatic rings. The van der Waals surface area contributed by atoms with Crippen molar-refractivity contribution in [1.82, 2.24) is 19.7 Å². The molecule has 0 radical (unpaired) electrons. The molecule has 2 fully saturated rings. The topological polar surface area (TPSA) is 108 Å². The van der Waals surface area contributed by atoms with Crippen LogP contribution in [0.4, 0.5) is 11.8 Å². The van der Waals surface area contributed by atoms with E-state index >= 15 is 0 Å². The molecule has 4 N–H and O–H groups in total. The van der Waals surface area contributed by atoms with Crippen LogP contribution in [-0.4, -0.2) is 45.9 Å². The molecule has 168 valence electrons. The lowest BCUT2D eigenvalue weighted by atomic mass is 9.95. The lowest BCUT2D eigenvalue weighted by molar-refractivity contribution is 0.0812. The van der Waals surface area contributed by atoms with Crippen molar-refractivity contribution in [1.29, 1.82) is 5.41 Å². The number of fused-ring (bicyclic) bond motifs is 1. The molecular weight excluding hydrogens is 410 g/mol. The normalized spacial score (nSPS) is 19.0. The summed E-state index contributed by atoms with van der Waals surface area (Å²) in [5.41, 5.74) is 1.68. The van der Waals surface area contributed by atoms with E-state index in [4.69, 9.17) is 20.1 Å². The van der Waals surface area contributed by atoms with Gasteiger partial charge in [0.15, 0.2) is 4.83 Å². The third-order valence-electron chi connectivity index (χ3n) is 5.96. The molecule has 1 saturated carbocycles. The fraction of sp³-hybridized carbons (Fsp3) is 0.636. The number of rotatable bonds is 8. The summed E-state index contributed by atoms with van der Waals surface area (Å²) in [4.78, 5) is 10.4. The third-order valence-corrected chi connectivity index (χ3v) is 6.72. The van der Waals surface area contributed by atoms with Gasteiger partial charge in [-0.05, 0) is 43.1 Å². The molecule has 0 atom stereocenters. The molecule has 2 aromatic heterocycles. The molecule has 1 aliphatic carbocycles. The molecule has 4 rings (SSSR count). The Hall–Kier alpha value is -2.26. The van der Waals surface area contributed by atoms with Crippen LogP contribution in [-0.2, 0) is 4.74 Å². The average molecular weight is 444 g/mol. The van der Waals surface area contributed by atoms with E-state index in [1.165, 1.54) is 49.9 Å². The minimum Gasteiger partial charge on any atom is -0.386 e. The first-order valence-corrected chi connectivity index (χ1v) is 12.2. The van der Waals surface area contributed by atoms with Crippen molar-refractivity contribution in [2.24, 2.45) is 0 Å². The number of nitrogens with one attached hydrogen (secondary N) is 4. The van der Waals surface area contributed by atoms with Crippen LogP contribution in [0.5, 0.6) is 0 Å². The first-order valence-electron chi connectivity index (χ1n) is 11.4. The fourth-order valence-corrected chi connectivity index (χ4v) is 5.09. The van der Waals surface area contributed by atoms with Gasteiger partial charge in [-0.1, -0.05) is 33.1 Å². The van der Waals surface area contributed by atoms with Crippen LogP contribution in [0, 0.1) is 5.41 Å². The molecule has 0 bridgehead atoms. The summed E-state index contributed by atoms with van der Waals surface area (Å²) in [6, 6.07) is 0.806. The van der Waals surface area contributed by atoms with E-state index in [0.717, 1.165) is 47.8 Å². The Morgan fingerprint density at radius 2 is 1.87 bits per heavy atom. The lowest BCUT2D eigenvalue weighted by Gasteiger charge is -2.24. The summed E-state index contributed by atoms with van der Waals surface area (Å²) in [5.74, 6) is 1.66. The standard InChI is InChI=1S/C22H33N7OS/c1-14(2)19-18-20(25-16-6-4-3-5-7-16)27-22(28-21(18)31-29-19)26-17(12-23)13-24-15-8-10-30-11-9-15/h12-16,23-24H,3-11H2,1-2H3,(H2,25,26,27,28)/b17-13+,23-12?. The first kappa shape index (κ1) is 22.0. The van der Waals surface area contributed by atoms with Crippen molar-refractivity contribution < 1.29 is 4.74 Å². The Balaban J connectivity index is 1.58. The van der Waals surface area contributed by atoms with Gasteiger partial charge in [0.25, 0.3) is 0 Å². The van der Waals surface area contributed by atoms with Gasteiger partial charge in [-0.25, -0.2) is 0 Å². The van der Waals surface area contributed by atoms with Gasteiger partial charge in [0.2, 0.25) is 5.95 Å². The van der Waals surface area contributed by atoms with E-state index in [2.05, 4.69) is 34.2 Å². The van der Waals surface area contributed by atoms with E-state index in [-0.39, 0.29) is 0 Å². The van der Waals surface area contributed by atoms with Gasteiger partial charge in [0.05, 0.1) is 16.8 Å². The van der Waals surface area contributed by atoms with Gasteiger partial charge >= 0.3 is 0 Å². The summed E-state index contributed by atoms with van der Waals surface area (Å²) in [6.45, 7) is 5.86. The number of anilines is 2.